The van der Waals surface area contributed by atoms with Crippen molar-refractivity contribution in [2.75, 3.05) is 46.3 Å². The van der Waals surface area contributed by atoms with Gasteiger partial charge in [0, 0.05) is 57.5 Å². The van der Waals surface area contributed by atoms with Crippen molar-refractivity contribution in [2.24, 2.45) is 7.05 Å². The van der Waals surface area contributed by atoms with Gasteiger partial charge in [-0.1, -0.05) is 18.2 Å². The molecule has 0 aliphatic carbocycles. The van der Waals surface area contributed by atoms with Gasteiger partial charge in [-0.2, -0.15) is 5.10 Å². The monoisotopic (exact) mass is 436 g/mol. The summed E-state index contributed by atoms with van der Waals surface area (Å²) in [6.45, 7) is 11.5. The molecule has 0 spiro atoms. The second-order valence-electron chi connectivity index (χ2n) is 8.97. The van der Waals surface area contributed by atoms with Crippen LogP contribution in [0.5, 0.6) is 0 Å². The van der Waals surface area contributed by atoms with E-state index >= 15 is 0 Å². The Hall–Kier alpha value is -2.64. The van der Waals surface area contributed by atoms with E-state index in [0.29, 0.717) is 18.8 Å². The third-order valence-corrected chi connectivity index (χ3v) is 6.61. The van der Waals surface area contributed by atoms with E-state index in [9.17, 15) is 4.79 Å². The van der Waals surface area contributed by atoms with Crippen LogP contribution in [0, 0.1) is 6.92 Å². The van der Waals surface area contributed by atoms with E-state index in [0.717, 1.165) is 57.1 Å². The zero-order chi connectivity index (χ0) is 22.7. The number of piperazine rings is 1. The number of aryl methyl sites for hydroxylation is 3. The molecule has 0 atom stereocenters. The summed E-state index contributed by atoms with van der Waals surface area (Å²) in [6.07, 6.45) is 0.971. The first-order valence-electron chi connectivity index (χ1n) is 11.7. The Balaban J connectivity index is 1.52. The van der Waals surface area contributed by atoms with Crippen LogP contribution in [0.25, 0.3) is 10.9 Å². The van der Waals surface area contributed by atoms with Crippen LogP contribution >= 0.6 is 0 Å². The molecule has 1 amide bonds. The number of likely N-dealkylation sites (N-methyl/N-ethyl adjacent to an activating group) is 1. The third kappa shape index (κ3) is 4.89. The van der Waals surface area contributed by atoms with E-state index in [1.54, 1.807) is 0 Å². The molecule has 0 bridgehead atoms. The Morgan fingerprint density at radius 2 is 1.84 bits per heavy atom. The van der Waals surface area contributed by atoms with Crippen molar-refractivity contribution in [3.63, 3.8) is 0 Å². The van der Waals surface area contributed by atoms with Gasteiger partial charge in [-0.25, -0.2) is 0 Å². The quantitative estimate of drug-likeness (QED) is 0.545. The highest BCUT2D eigenvalue weighted by Gasteiger charge is 2.22. The largest absolute Gasteiger partial charge is 0.346 e. The molecule has 3 aromatic rings. The molecule has 0 N–H and O–H groups in total. The SMILES string of the molecule is CCn1nc(C)cc1C(=O)N(CCCN1CCN(C)CC1)Cc1cc2ccccc2n1C. The lowest BCUT2D eigenvalue weighted by atomic mass is 10.2. The highest BCUT2D eigenvalue weighted by Crippen LogP contribution is 2.21. The van der Waals surface area contributed by atoms with Gasteiger partial charge in [0.05, 0.1) is 12.2 Å². The Morgan fingerprint density at radius 3 is 2.56 bits per heavy atom. The normalized spacial score (nSPS) is 15.5. The first kappa shape index (κ1) is 22.6. The Labute approximate surface area is 191 Å². The fraction of sp³-hybridized carbons (Fsp3) is 0.520. The van der Waals surface area contributed by atoms with Crippen molar-refractivity contribution in [2.45, 2.75) is 33.4 Å². The predicted molar refractivity (Wildman–Crippen MR) is 129 cm³/mol. The molecular formula is C25H36N6O. The number of para-hydroxylation sites is 1. The number of aromatic nitrogens is 3. The van der Waals surface area contributed by atoms with Crippen molar-refractivity contribution in [1.82, 2.24) is 29.0 Å². The number of carbonyl (C=O) groups is 1. The lowest BCUT2D eigenvalue weighted by Crippen LogP contribution is -2.45. The van der Waals surface area contributed by atoms with Crippen molar-refractivity contribution < 1.29 is 4.79 Å². The Morgan fingerprint density at radius 1 is 1.09 bits per heavy atom. The standard InChI is InChI=1S/C25H36N6O/c1-5-31-24(17-20(2)26-31)25(32)30(12-8-11-29-15-13-27(3)14-16-29)19-22-18-21-9-6-7-10-23(21)28(22)4/h6-7,9-10,17-18H,5,8,11-16,19H2,1-4H3. The van der Waals surface area contributed by atoms with Gasteiger partial charge in [0.2, 0.25) is 0 Å². The van der Waals surface area contributed by atoms with E-state index in [1.165, 1.54) is 10.9 Å². The molecule has 1 aliphatic heterocycles. The van der Waals surface area contributed by atoms with Gasteiger partial charge in [-0.15, -0.1) is 0 Å². The van der Waals surface area contributed by atoms with Crippen LogP contribution in [0.1, 0.15) is 35.2 Å². The van der Waals surface area contributed by atoms with Crippen LogP contribution in [0.4, 0.5) is 0 Å². The molecule has 0 radical (unpaired) electrons. The fourth-order valence-electron chi connectivity index (χ4n) is 4.62. The van der Waals surface area contributed by atoms with E-state index in [-0.39, 0.29) is 5.91 Å². The first-order valence-corrected chi connectivity index (χ1v) is 11.7. The number of nitrogens with zero attached hydrogens (tertiary/aromatic N) is 6. The minimum absolute atomic E-state index is 0.0658. The molecule has 1 aromatic carbocycles. The topological polar surface area (TPSA) is 49.5 Å². The van der Waals surface area contributed by atoms with Gasteiger partial charge in [0.25, 0.3) is 5.91 Å². The van der Waals surface area contributed by atoms with Crippen LogP contribution < -0.4 is 0 Å². The lowest BCUT2D eigenvalue weighted by molar-refractivity contribution is 0.0713. The molecule has 3 heterocycles. The summed E-state index contributed by atoms with van der Waals surface area (Å²) >= 11 is 0. The van der Waals surface area contributed by atoms with Gasteiger partial charge < -0.3 is 19.3 Å². The summed E-state index contributed by atoms with van der Waals surface area (Å²) in [5.74, 6) is 0.0658. The van der Waals surface area contributed by atoms with Crippen molar-refractivity contribution >= 4 is 16.8 Å². The fourth-order valence-corrected chi connectivity index (χ4v) is 4.62. The zero-order valence-electron chi connectivity index (χ0n) is 19.9. The number of rotatable bonds is 8. The van der Waals surface area contributed by atoms with Crippen LogP contribution in [-0.2, 0) is 20.1 Å². The van der Waals surface area contributed by atoms with E-state index in [4.69, 9.17) is 0 Å². The number of amides is 1. The zero-order valence-corrected chi connectivity index (χ0v) is 19.9. The first-order chi connectivity index (χ1) is 15.5. The Bertz CT molecular complexity index is 1060. The van der Waals surface area contributed by atoms with E-state index in [1.807, 2.05) is 29.5 Å². The summed E-state index contributed by atoms with van der Waals surface area (Å²) < 4.78 is 4.03. The summed E-state index contributed by atoms with van der Waals surface area (Å²) in [6, 6.07) is 12.5. The Kier molecular flexibility index (Phi) is 6.96. The van der Waals surface area contributed by atoms with Gasteiger partial charge in [0.15, 0.2) is 0 Å². The van der Waals surface area contributed by atoms with E-state index in [2.05, 4.69) is 63.9 Å². The molecule has 172 valence electrons. The molecule has 1 saturated heterocycles. The average Bonchev–Trinajstić information content (AvgIpc) is 3.33. The maximum atomic E-state index is 13.6. The second-order valence-corrected chi connectivity index (χ2v) is 8.97. The molecule has 0 unspecified atom stereocenters. The highest BCUT2D eigenvalue weighted by molar-refractivity contribution is 5.93. The molecule has 7 heteroatoms. The second kappa shape index (κ2) is 9.88. The molecule has 2 aromatic heterocycles. The molecule has 1 aliphatic rings. The maximum Gasteiger partial charge on any atom is 0.272 e. The smallest absolute Gasteiger partial charge is 0.272 e. The van der Waals surface area contributed by atoms with Crippen LogP contribution in [0.15, 0.2) is 36.4 Å². The number of hydrogen-bond acceptors (Lipinski definition) is 4. The van der Waals surface area contributed by atoms with Gasteiger partial charge in [0.1, 0.15) is 5.69 Å². The number of fused-ring (bicyclic) bond motifs is 1. The molecule has 7 nitrogen and oxygen atoms in total. The summed E-state index contributed by atoms with van der Waals surface area (Å²) in [5.41, 5.74) is 3.92. The minimum Gasteiger partial charge on any atom is -0.346 e. The summed E-state index contributed by atoms with van der Waals surface area (Å²) in [4.78, 5) is 20.5. The summed E-state index contributed by atoms with van der Waals surface area (Å²) in [5, 5.41) is 5.72. The molecule has 1 fully saturated rings. The summed E-state index contributed by atoms with van der Waals surface area (Å²) in [7, 11) is 4.27. The molecule has 32 heavy (non-hydrogen) atoms. The van der Waals surface area contributed by atoms with Gasteiger partial charge in [-0.3, -0.25) is 9.48 Å². The number of carbonyl (C=O) groups excluding carboxylic acids is 1. The van der Waals surface area contributed by atoms with Gasteiger partial charge in [-0.05, 0) is 57.4 Å². The number of hydrogen-bond donors (Lipinski definition) is 0. The van der Waals surface area contributed by atoms with Crippen LogP contribution in [0.3, 0.4) is 0 Å². The predicted octanol–water partition coefficient (Wildman–Crippen LogP) is 2.98. The van der Waals surface area contributed by atoms with Crippen molar-refractivity contribution in [3.05, 3.63) is 53.5 Å². The lowest BCUT2D eigenvalue weighted by Gasteiger charge is -2.33. The van der Waals surface area contributed by atoms with Crippen molar-refractivity contribution in [1.29, 1.82) is 0 Å². The minimum atomic E-state index is 0.0658. The average molecular weight is 437 g/mol. The highest BCUT2D eigenvalue weighted by atomic mass is 16.2. The van der Waals surface area contributed by atoms with Gasteiger partial charge >= 0.3 is 0 Å². The maximum absolute atomic E-state index is 13.6. The number of benzene rings is 1. The molecule has 0 saturated carbocycles. The van der Waals surface area contributed by atoms with E-state index < -0.39 is 0 Å². The van der Waals surface area contributed by atoms with Crippen LogP contribution in [0.2, 0.25) is 0 Å². The molecular weight excluding hydrogens is 400 g/mol. The van der Waals surface area contributed by atoms with Crippen molar-refractivity contribution in [3.8, 4) is 0 Å². The third-order valence-electron chi connectivity index (χ3n) is 6.61. The molecule has 4 rings (SSSR count). The van der Waals surface area contributed by atoms with Crippen LogP contribution in [-0.4, -0.2) is 81.3 Å².